The Morgan fingerprint density at radius 1 is 1.10 bits per heavy atom. The first kappa shape index (κ1) is 14.6. The normalized spacial score (nSPS) is 10.2. The highest BCUT2D eigenvalue weighted by Gasteiger charge is 2.15. The molecule has 106 valence electrons. The van der Waals surface area contributed by atoms with Gasteiger partial charge < -0.3 is 14.8 Å². The minimum atomic E-state index is 0.676. The van der Waals surface area contributed by atoms with Crippen LogP contribution >= 0.6 is 15.9 Å². The van der Waals surface area contributed by atoms with Crippen LogP contribution in [0.5, 0.6) is 11.5 Å². The summed E-state index contributed by atoms with van der Waals surface area (Å²) in [7, 11) is 3.23. The van der Waals surface area contributed by atoms with Crippen molar-refractivity contribution in [1.29, 1.82) is 0 Å². The monoisotopic (exact) mass is 337 g/mol. The number of anilines is 1. The van der Waals surface area contributed by atoms with Gasteiger partial charge in [0.05, 0.1) is 19.9 Å². The number of benzene rings is 1. The van der Waals surface area contributed by atoms with E-state index in [2.05, 4.69) is 31.4 Å². The lowest BCUT2D eigenvalue weighted by Gasteiger charge is -2.13. The molecule has 1 N–H and O–H groups in total. The van der Waals surface area contributed by atoms with Crippen LogP contribution in [0.2, 0.25) is 0 Å². The summed E-state index contributed by atoms with van der Waals surface area (Å²) in [6.07, 6.45) is 0. The maximum atomic E-state index is 5.44. The summed E-state index contributed by atoms with van der Waals surface area (Å²) in [4.78, 5) is 0. The van der Waals surface area contributed by atoms with Gasteiger partial charge in [-0.05, 0) is 47.1 Å². The molecule has 6 heteroatoms. The minimum absolute atomic E-state index is 0.676. The van der Waals surface area contributed by atoms with Gasteiger partial charge in [0.2, 0.25) is 0 Å². The van der Waals surface area contributed by atoms with Crippen molar-refractivity contribution < 1.29 is 9.47 Å². The third kappa shape index (κ3) is 2.85. The molecule has 0 atom stereocenters. The molecule has 2 rings (SSSR count). The number of methoxy groups -OCH3 is 2. The summed E-state index contributed by atoms with van der Waals surface area (Å²) in [5.41, 5.74) is 1.60. The highest BCUT2D eigenvalue weighted by molar-refractivity contribution is 9.10. The largest absolute Gasteiger partial charge is 0.495 e. The Morgan fingerprint density at radius 2 is 1.90 bits per heavy atom. The molecule has 1 aromatic carbocycles. The van der Waals surface area contributed by atoms with Crippen LogP contribution in [0.3, 0.4) is 0 Å². The number of halogens is 1. The molecule has 2 aromatic rings. The van der Waals surface area contributed by atoms with Gasteiger partial charge in [-0.3, -0.25) is 0 Å². The molecule has 0 aliphatic heterocycles. The van der Waals surface area contributed by atoms with Gasteiger partial charge >= 0.3 is 0 Å². The number of hydrogen-bond acceptors (Lipinski definition) is 5. The lowest BCUT2D eigenvalue weighted by atomic mass is 10.1. The van der Waals surface area contributed by atoms with Gasteiger partial charge in [-0.1, -0.05) is 0 Å². The molecule has 0 fully saturated rings. The zero-order valence-electron chi connectivity index (χ0n) is 11.6. The zero-order chi connectivity index (χ0) is 14.5. The molecular formula is C14H16BrN3O2. The first-order valence-corrected chi connectivity index (χ1v) is 6.99. The highest BCUT2D eigenvalue weighted by atomic mass is 79.9. The van der Waals surface area contributed by atoms with E-state index in [0.717, 1.165) is 28.1 Å². The van der Waals surface area contributed by atoms with Crippen molar-refractivity contribution in [3.05, 3.63) is 28.7 Å². The first-order valence-electron chi connectivity index (χ1n) is 6.19. The summed E-state index contributed by atoms with van der Waals surface area (Å²) in [6, 6.07) is 7.56. The van der Waals surface area contributed by atoms with E-state index in [1.165, 1.54) is 0 Å². The maximum Gasteiger partial charge on any atom is 0.148 e. The second-order valence-electron chi connectivity index (χ2n) is 4.00. The Hall–Kier alpha value is -1.82. The Balaban J connectivity index is 2.44. The van der Waals surface area contributed by atoms with Gasteiger partial charge in [0, 0.05) is 12.1 Å². The van der Waals surface area contributed by atoms with Gasteiger partial charge in [-0.2, -0.15) is 0 Å². The van der Waals surface area contributed by atoms with Gasteiger partial charge in [-0.15, -0.1) is 10.2 Å². The molecule has 0 aliphatic rings. The fraction of sp³-hybridized carbons (Fsp3) is 0.286. The molecule has 1 aromatic heterocycles. The molecule has 0 spiro atoms. The molecule has 0 amide bonds. The van der Waals surface area contributed by atoms with Crippen molar-refractivity contribution in [1.82, 2.24) is 10.2 Å². The lowest BCUT2D eigenvalue weighted by Crippen LogP contribution is -2.01. The van der Waals surface area contributed by atoms with E-state index in [1.807, 2.05) is 31.2 Å². The predicted octanol–water partition coefficient (Wildman–Crippen LogP) is 3.36. The van der Waals surface area contributed by atoms with Gasteiger partial charge in [0.1, 0.15) is 21.8 Å². The van der Waals surface area contributed by atoms with Crippen LogP contribution in [0.15, 0.2) is 28.7 Å². The number of aromatic nitrogens is 2. The molecule has 0 aliphatic carbocycles. The van der Waals surface area contributed by atoms with Crippen molar-refractivity contribution in [2.75, 3.05) is 26.1 Å². The maximum absolute atomic E-state index is 5.44. The van der Waals surface area contributed by atoms with E-state index in [9.17, 15) is 0 Å². The molecule has 5 nitrogen and oxygen atoms in total. The smallest absolute Gasteiger partial charge is 0.148 e. The standard InChI is InChI=1S/C14H16BrN3O2/c1-4-16-12-8-6-10(17-18-12)9-5-7-11(19-2)13(15)14(9)20-3/h5-8H,4H2,1-3H3,(H,16,18). The number of rotatable bonds is 5. The van der Waals surface area contributed by atoms with Crippen molar-refractivity contribution in [2.24, 2.45) is 0 Å². The van der Waals surface area contributed by atoms with E-state index >= 15 is 0 Å². The summed E-state index contributed by atoms with van der Waals surface area (Å²) in [6.45, 7) is 2.82. The summed E-state index contributed by atoms with van der Waals surface area (Å²) < 4.78 is 11.5. The highest BCUT2D eigenvalue weighted by Crippen LogP contribution is 2.41. The molecule has 0 radical (unpaired) electrons. The second kappa shape index (κ2) is 6.56. The summed E-state index contributed by atoms with van der Waals surface area (Å²) in [5.74, 6) is 2.14. The molecular weight excluding hydrogens is 322 g/mol. The van der Waals surface area contributed by atoms with E-state index in [0.29, 0.717) is 11.5 Å². The van der Waals surface area contributed by atoms with E-state index < -0.39 is 0 Å². The predicted molar refractivity (Wildman–Crippen MR) is 82.4 cm³/mol. The van der Waals surface area contributed by atoms with Crippen molar-refractivity contribution in [3.8, 4) is 22.8 Å². The molecule has 20 heavy (non-hydrogen) atoms. The Labute approximate surface area is 126 Å². The lowest BCUT2D eigenvalue weighted by molar-refractivity contribution is 0.390. The minimum Gasteiger partial charge on any atom is -0.495 e. The van der Waals surface area contributed by atoms with Gasteiger partial charge in [0.25, 0.3) is 0 Å². The van der Waals surface area contributed by atoms with Crippen LogP contribution in [0.1, 0.15) is 6.92 Å². The molecule has 1 heterocycles. The fourth-order valence-electron chi connectivity index (χ4n) is 1.85. The first-order chi connectivity index (χ1) is 9.71. The number of hydrogen-bond donors (Lipinski definition) is 1. The van der Waals surface area contributed by atoms with Crippen molar-refractivity contribution >= 4 is 21.7 Å². The average Bonchev–Trinajstić information content (AvgIpc) is 2.48. The van der Waals surface area contributed by atoms with Crippen LogP contribution < -0.4 is 14.8 Å². The Morgan fingerprint density at radius 3 is 2.45 bits per heavy atom. The second-order valence-corrected chi connectivity index (χ2v) is 4.79. The average molecular weight is 338 g/mol. The number of ether oxygens (including phenoxy) is 2. The number of nitrogens with one attached hydrogen (secondary N) is 1. The van der Waals surface area contributed by atoms with Crippen LogP contribution in [-0.4, -0.2) is 31.0 Å². The molecule has 0 saturated carbocycles. The van der Waals surface area contributed by atoms with Crippen molar-refractivity contribution in [2.45, 2.75) is 6.92 Å². The quantitative estimate of drug-likeness (QED) is 0.906. The van der Waals surface area contributed by atoms with Gasteiger partial charge in [-0.25, -0.2) is 0 Å². The molecule has 0 saturated heterocycles. The van der Waals surface area contributed by atoms with Crippen LogP contribution in [-0.2, 0) is 0 Å². The van der Waals surface area contributed by atoms with Crippen molar-refractivity contribution in [3.63, 3.8) is 0 Å². The number of nitrogens with zero attached hydrogens (tertiary/aromatic N) is 2. The fourth-order valence-corrected chi connectivity index (χ4v) is 2.52. The third-order valence-corrected chi connectivity index (χ3v) is 3.54. The Bertz CT molecular complexity index is 588. The van der Waals surface area contributed by atoms with E-state index in [-0.39, 0.29) is 0 Å². The molecule has 0 unspecified atom stereocenters. The van der Waals surface area contributed by atoms with Crippen LogP contribution in [0.25, 0.3) is 11.3 Å². The van der Waals surface area contributed by atoms with Crippen LogP contribution in [0.4, 0.5) is 5.82 Å². The van der Waals surface area contributed by atoms with Crippen LogP contribution in [0, 0.1) is 0 Å². The Kier molecular flexibility index (Phi) is 4.79. The SMILES string of the molecule is CCNc1ccc(-c2ccc(OC)c(Br)c2OC)nn1. The van der Waals surface area contributed by atoms with E-state index in [4.69, 9.17) is 9.47 Å². The van der Waals surface area contributed by atoms with Gasteiger partial charge in [0.15, 0.2) is 0 Å². The third-order valence-electron chi connectivity index (χ3n) is 2.78. The van der Waals surface area contributed by atoms with E-state index in [1.54, 1.807) is 14.2 Å². The zero-order valence-corrected chi connectivity index (χ0v) is 13.2. The molecule has 0 bridgehead atoms. The summed E-state index contributed by atoms with van der Waals surface area (Å²) >= 11 is 3.48. The topological polar surface area (TPSA) is 56.3 Å². The summed E-state index contributed by atoms with van der Waals surface area (Å²) in [5, 5.41) is 11.5.